The average Bonchev–Trinajstić information content (AvgIpc) is 2.90. The minimum Gasteiger partial charge on any atom is -0.467 e. The van der Waals surface area contributed by atoms with Gasteiger partial charge in [-0.05, 0) is 49.9 Å². The van der Waals surface area contributed by atoms with Crippen molar-refractivity contribution >= 4 is 30.7 Å². The standard InChI is InChI=1S/C16H20F3N3O2.2ClH/c17-16(18,19)10-24-14-13(2-1-5-21-14)15(23)22-6-3-11-8-20-9-12(11)4-7-22;;/h1-2,5,11-12,20H,3-4,6-10H2;2*1H/t11-,12+;;. The van der Waals surface area contributed by atoms with Crippen LogP contribution >= 0.6 is 24.8 Å². The van der Waals surface area contributed by atoms with Gasteiger partial charge < -0.3 is 15.0 Å². The Hall–Kier alpha value is -1.25. The summed E-state index contributed by atoms with van der Waals surface area (Å²) in [5, 5.41) is 3.37. The molecular weight excluding hydrogens is 394 g/mol. The topological polar surface area (TPSA) is 54.5 Å². The van der Waals surface area contributed by atoms with Crippen LogP contribution in [0.4, 0.5) is 13.2 Å². The Bertz CT molecular complexity index is 590. The molecule has 0 bridgehead atoms. The normalized spacial score (nSPS) is 22.5. The molecule has 10 heteroatoms. The molecule has 0 spiro atoms. The van der Waals surface area contributed by atoms with E-state index >= 15 is 0 Å². The molecular formula is C16H22Cl2F3N3O2. The van der Waals surface area contributed by atoms with Crippen molar-refractivity contribution in [2.75, 3.05) is 32.8 Å². The molecule has 1 amide bonds. The van der Waals surface area contributed by atoms with Crippen LogP contribution in [0, 0.1) is 11.8 Å². The third-order valence-corrected chi connectivity index (χ3v) is 4.68. The number of aromatic nitrogens is 1. The van der Waals surface area contributed by atoms with E-state index in [0.717, 1.165) is 25.9 Å². The van der Waals surface area contributed by atoms with Crippen molar-refractivity contribution in [3.05, 3.63) is 23.9 Å². The lowest BCUT2D eigenvalue weighted by Crippen LogP contribution is -2.33. The van der Waals surface area contributed by atoms with Gasteiger partial charge in [-0.15, -0.1) is 24.8 Å². The first-order chi connectivity index (χ1) is 11.4. The maximum Gasteiger partial charge on any atom is 0.422 e. The van der Waals surface area contributed by atoms with Crippen molar-refractivity contribution in [3.63, 3.8) is 0 Å². The van der Waals surface area contributed by atoms with Crippen molar-refractivity contribution < 1.29 is 22.7 Å². The molecule has 2 aliphatic rings. The summed E-state index contributed by atoms with van der Waals surface area (Å²) in [4.78, 5) is 18.2. The molecule has 0 aromatic carbocycles. The highest BCUT2D eigenvalue weighted by atomic mass is 35.5. The molecule has 26 heavy (non-hydrogen) atoms. The summed E-state index contributed by atoms with van der Waals surface area (Å²) in [5.74, 6) is 0.564. The lowest BCUT2D eigenvalue weighted by Gasteiger charge is -2.22. The SMILES string of the molecule is Cl.Cl.O=C(c1cccnc1OCC(F)(F)F)N1CC[C@@H]2CNC[C@@H]2CC1. The van der Waals surface area contributed by atoms with E-state index < -0.39 is 12.8 Å². The summed E-state index contributed by atoms with van der Waals surface area (Å²) in [6.07, 6.45) is -1.34. The van der Waals surface area contributed by atoms with Gasteiger partial charge in [-0.3, -0.25) is 4.79 Å². The quantitative estimate of drug-likeness (QED) is 0.824. The van der Waals surface area contributed by atoms with Crippen LogP contribution in [-0.2, 0) is 0 Å². The van der Waals surface area contributed by atoms with Gasteiger partial charge in [-0.25, -0.2) is 4.98 Å². The molecule has 3 rings (SSSR count). The zero-order chi connectivity index (χ0) is 17.2. The van der Waals surface area contributed by atoms with Gasteiger partial charge >= 0.3 is 6.18 Å². The number of ether oxygens (including phenoxy) is 1. The van der Waals surface area contributed by atoms with Crippen molar-refractivity contribution in [2.24, 2.45) is 11.8 Å². The van der Waals surface area contributed by atoms with Crippen LogP contribution in [0.3, 0.4) is 0 Å². The first kappa shape index (κ1) is 22.8. The number of likely N-dealkylation sites (tertiary alicyclic amines) is 1. The Morgan fingerprint density at radius 2 is 1.85 bits per heavy atom. The zero-order valence-corrected chi connectivity index (χ0v) is 15.6. The molecule has 0 aliphatic carbocycles. The highest BCUT2D eigenvalue weighted by molar-refractivity contribution is 5.96. The average molecular weight is 416 g/mol. The fourth-order valence-electron chi connectivity index (χ4n) is 3.41. The van der Waals surface area contributed by atoms with Gasteiger partial charge in [0.2, 0.25) is 5.88 Å². The van der Waals surface area contributed by atoms with Crippen molar-refractivity contribution in [1.82, 2.24) is 15.2 Å². The summed E-state index contributed by atoms with van der Waals surface area (Å²) < 4.78 is 41.8. The molecule has 1 aromatic heterocycles. The molecule has 2 aliphatic heterocycles. The summed E-state index contributed by atoms with van der Waals surface area (Å²) in [5.41, 5.74) is 0.0898. The number of fused-ring (bicyclic) bond motifs is 1. The maximum absolute atomic E-state index is 12.7. The number of carbonyl (C=O) groups excluding carboxylic acids is 1. The number of pyridine rings is 1. The first-order valence-corrected chi connectivity index (χ1v) is 8.08. The highest BCUT2D eigenvalue weighted by Crippen LogP contribution is 2.28. The monoisotopic (exact) mass is 415 g/mol. The Morgan fingerprint density at radius 3 is 2.42 bits per heavy atom. The summed E-state index contributed by atoms with van der Waals surface area (Å²) in [7, 11) is 0. The molecule has 5 nitrogen and oxygen atoms in total. The fraction of sp³-hybridized carbons (Fsp3) is 0.625. The predicted molar refractivity (Wildman–Crippen MR) is 95.3 cm³/mol. The van der Waals surface area contributed by atoms with Gasteiger partial charge in [0.1, 0.15) is 5.56 Å². The third-order valence-electron chi connectivity index (χ3n) is 4.68. The number of rotatable bonds is 3. The van der Waals surface area contributed by atoms with Crippen molar-refractivity contribution in [1.29, 1.82) is 0 Å². The van der Waals surface area contributed by atoms with Gasteiger partial charge in [0.05, 0.1) is 0 Å². The van der Waals surface area contributed by atoms with E-state index in [-0.39, 0.29) is 42.2 Å². The van der Waals surface area contributed by atoms with Crippen LogP contribution in [-0.4, -0.2) is 54.8 Å². The molecule has 2 fully saturated rings. The number of amides is 1. The number of hydrogen-bond donors (Lipinski definition) is 1. The Morgan fingerprint density at radius 1 is 1.23 bits per heavy atom. The largest absolute Gasteiger partial charge is 0.467 e. The van der Waals surface area contributed by atoms with E-state index in [1.165, 1.54) is 18.3 Å². The van der Waals surface area contributed by atoms with Crippen LogP contribution in [0.1, 0.15) is 23.2 Å². The smallest absolute Gasteiger partial charge is 0.422 e. The maximum atomic E-state index is 12.7. The molecule has 3 heterocycles. The highest BCUT2D eigenvalue weighted by Gasteiger charge is 2.33. The van der Waals surface area contributed by atoms with E-state index in [4.69, 9.17) is 4.74 Å². The van der Waals surface area contributed by atoms with Crippen molar-refractivity contribution in [2.45, 2.75) is 19.0 Å². The van der Waals surface area contributed by atoms with E-state index in [0.29, 0.717) is 24.9 Å². The Labute approximate surface area is 162 Å². The number of alkyl halides is 3. The van der Waals surface area contributed by atoms with Crippen molar-refractivity contribution in [3.8, 4) is 5.88 Å². The summed E-state index contributed by atoms with van der Waals surface area (Å²) >= 11 is 0. The molecule has 148 valence electrons. The Kier molecular flexibility index (Phi) is 8.43. The molecule has 0 unspecified atom stereocenters. The second kappa shape index (κ2) is 9.62. The lowest BCUT2D eigenvalue weighted by molar-refractivity contribution is -0.154. The molecule has 1 aromatic rings. The van der Waals surface area contributed by atoms with Crippen LogP contribution in [0.25, 0.3) is 0 Å². The van der Waals surface area contributed by atoms with Crippen LogP contribution in [0.15, 0.2) is 18.3 Å². The number of halogens is 5. The molecule has 0 saturated carbocycles. The van der Waals surface area contributed by atoms with E-state index in [1.807, 2.05) is 0 Å². The zero-order valence-electron chi connectivity index (χ0n) is 14.0. The fourth-order valence-corrected chi connectivity index (χ4v) is 3.41. The predicted octanol–water partition coefficient (Wildman–Crippen LogP) is 2.94. The molecule has 1 N–H and O–H groups in total. The van der Waals surface area contributed by atoms with Crippen LogP contribution in [0.5, 0.6) is 5.88 Å². The van der Waals surface area contributed by atoms with Gasteiger partial charge in [-0.2, -0.15) is 13.2 Å². The van der Waals surface area contributed by atoms with Crippen LogP contribution < -0.4 is 10.1 Å². The Balaban J connectivity index is 0.00000169. The summed E-state index contributed by atoms with van der Waals surface area (Å²) in [6, 6.07) is 3.00. The van der Waals surface area contributed by atoms with Gasteiger partial charge in [-0.1, -0.05) is 0 Å². The van der Waals surface area contributed by atoms with Crippen LogP contribution in [0.2, 0.25) is 0 Å². The van der Waals surface area contributed by atoms with Gasteiger partial charge in [0.25, 0.3) is 5.91 Å². The second-order valence-corrected chi connectivity index (χ2v) is 6.31. The number of nitrogens with zero attached hydrogens (tertiary/aromatic N) is 2. The van der Waals surface area contributed by atoms with Gasteiger partial charge in [0, 0.05) is 19.3 Å². The number of hydrogen-bond acceptors (Lipinski definition) is 4. The molecule has 2 saturated heterocycles. The van der Waals surface area contributed by atoms with E-state index in [2.05, 4.69) is 10.3 Å². The molecule has 0 radical (unpaired) electrons. The number of carbonyl (C=O) groups is 1. The lowest BCUT2D eigenvalue weighted by atomic mass is 9.92. The van der Waals surface area contributed by atoms with E-state index in [1.54, 1.807) is 4.90 Å². The number of nitrogens with one attached hydrogen (secondary N) is 1. The summed E-state index contributed by atoms with van der Waals surface area (Å²) in [6.45, 7) is 1.70. The first-order valence-electron chi connectivity index (χ1n) is 8.08. The van der Waals surface area contributed by atoms with E-state index in [9.17, 15) is 18.0 Å². The molecule has 2 atom stereocenters. The minimum absolute atomic E-state index is 0. The minimum atomic E-state index is -4.47. The third kappa shape index (κ3) is 5.62. The second-order valence-electron chi connectivity index (χ2n) is 6.31. The van der Waals surface area contributed by atoms with Gasteiger partial charge in [0.15, 0.2) is 6.61 Å².